The first-order chi connectivity index (χ1) is 6.58. The van der Waals surface area contributed by atoms with E-state index in [9.17, 15) is 10.2 Å². The molecule has 0 saturated carbocycles. The van der Waals surface area contributed by atoms with Crippen LogP contribution in [0, 0.1) is 0 Å². The van der Waals surface area contributed by atoms with E-state index in [1.165, 1.54) is 20.4 Å². The van der Waals surface area contributed by atoms with Crippen LogP contribution in [0.3, 0.4) is 0 Å². The quantitative estimate of drug-likeness (QED) is 0.369. The minimum atomic E-state index is -1.36. The van der Waals surface area contributed by atoms with Gasteiger partial charge in [0.15, 0.2) is 0 Å². The molecule has 0 rings (SSSR count). The lowest BCUT2D eigenvalue weighted by Gasteiger charge is -2.26. The molecule has 0 bridgehead atoms. The summed E-state index contributed by atoms with van der Waals surface area (Å²) in [5, 5.41) is 36.5. The van der Waals surface area contributed by atoms with Crippen LogP contribution in [-0.4, -0.2) is 71.8 Å². The zero-order chi connectivity index (χ0) is 11.1. The Bertz CT molecular complexity index is 175. The van der Waals surface area contributed by atoms with Crippen LogP contribution in [0.2, 0.25) is 0 Å². The van der Waals surface area contributed by atoms with Crippen LogP contribution >= 0.6 is 0 Å². The number of aliphatic imine (C=N–C) groups is 1. The van der Waals surface area contributed by atoms with Crippen molar-refractivity contribution in [3.8, 4) is 0 Å². The summed E-state index contributed by atoms with van der Waals surface area (Å²) >= 11 is 0. The Morgan fingerprint density at radius 2 is 1.93 bits per heavy atom. The third kappa shape index (κ3) is 3.69. The molecule has 0 aliphatic heterocycles. The molecule has 0 aromatic heterocycles. The molecule has 0 aliphatic rings. The molecule has 4 atom stereocenters. The average Bonchev–Trinajstić information content (AvgIpc) is 2.18. The first kappa shape index (κ1) is 13.5. The van der Waals surface area contributed by atoms with Gasteiger partial charge in [-0.15, -0.1) is 0 Å². The summed E-state index contributed by atoms with van der Waals surface area (Å²) in [6, 6.07) is 0. The van der Waals surface area contributed by atoms with Crippen LogP contribution in [0.4, 0.5) is 0 Å². The maximum Gasteiger partial charge on any atom is 0.117 e. The van der Waals surface area contributed by atoms with Crippen molar-refractivity contribution in [1.29, 1.82) is 0 Å². The summed E-state index contributed by atoms with van der Waals surface area (Å²) in [4.78, 5) is 3.56. The van der Waals surface area contributed by atoms with Crippen molar-refractivity contribution in [1.82, 2.24) is 0 Å². The van der Waals surface area contributed by atoms with Gasteiger partial charge in [0.25, 0.3) is 0 Å². The second kappa shape index (κ2) is 6.86. The molecule has 0 fully saturated rings. The van der Waals surface area contributed by atoms with Crippen LogP contribution in [0.25, 0.3) is 0 Å². The van der Waals surface area contributed by atoms with Crippen molar-refractivity contribution < 1.29 is 25.2 Å². The second-order valence-electron chi connectivity index (χ2n) is 2.84. The zero-order valence-electron chi connectivity index (χ0n) is 8.24. The number of rotatable bonds is 6. The fourth-order valence-electron chi connectivity index (χ4n) is 1.05. The Balaban J connectivity index is 4.38. The molecule has 0 spiro atoms. The summed E-state index contributed by atoms with van der Waals surface area (Å²) in [6.07, 6.45) is -3.67. The molecule has 84 valence electrons. The van der Waals surface area contributed by atoms with Crippen LogP contribution < -0.4 is 0 Å². The van der Waals surface area contributed by atoms with Crippen molar-refractivity contribution in [2.24, 2.45) is 4.99 Å². The van der Waals surface area contributed by atoms with Crippen LogP contribution in [0.1, 0.15) is 0 Å². The molecular weight excluding hydrogens is 190 g/mol. The van der Waals surface area contributed by atoms with E-state index in [2.05, 4.69) is 4.99 Å². The number of aliphatic hydroxyl groups is 4. The van der Waals surface area contributed by atoms with Crippen molar-refractivity contribution in [3.05, 3.63) is 0 Å². The van der Waals surface area contributed by atoms with Gasteiger partial charge < -0.3 is 25.2 Å². The van der Waals surface area contributed by atoms with Crippen molar-refractivity contribution in [2.45, 2.75) is 24.4 Å². The standard InChI is InChI=1S/C8H17NO5/c1-9-3-5(11)8(14-2)7(13)6(12)4-10/h3,5-8,10-13H,4H2,1-2H3/b9-3-/t5-,6-,7-,8-/m1/s1. The zero-order valence-corrected chi connectivity index (χ0v) is 8.24. The normalized spacial score (nSPS) is 20.7. The summed E-state index contributed by atoms with van der Waals surface area (Å²) in [6.45, 7) is -0.600. The molecule has 0 amide bonds. The van der Waals surface area contributed by atoms with Crippen LogP contribution in [0.15, 0.2) is 4.99 Å². The van der Waals surface area contributed by atoms with Gasteiger partial charge in [-0.25, -0.2) is 0 Å². The van der Waals surface area contributed by atoms with Crippen molar-refractivity contribution in [3.63, 3.8) is 0 Å². The fourth-order valence-corrected chi connectivity index (χ4v) is 1.05. The van der Waals surface area contributed by atoms with Crippen molar-refractivity contribution in [2.75, 3.05) is 20.8 Å². The van der Waals surface area contributed by atoms with Gasteiger partial charge in [-0.05, 0) is 0 Å². The number of hydrogen-bond donors (Lipinski definition) is 4. The monoisotopic (exact) mass is 207 g/mol. The summed E-state index contributed by atoms with van der Waals surface area (Å²) in [7, 11) is 2.75. The van der Waals surface area contributed by atoms with E-state index in [1.807, 2.05) is 0 Å². The van der Waals surface area contributed by atoms with Gasteiger partial charge in [0.05, 0.1) is 6.61 Å². The van der Waals surface area contributed by atoms with Gasteiger partial charge >= 0.3 is 0 Å². The Morgan fingerprint density at radius 1 is 1.36 bits per heavy atom. The first-order valence-corrected chi connectivity index (χ1v) is 4.18. The molecule has 0 aromatic carbocycles. The SMILES string of the molecule is C/N=C\[C@@H](O)[C@@H](OC)[C@H](O)[C@H](O)CO. The highest BCUT2D eigenvalue weighted by atomic mass is 16.5. The Kier molecular flexibility index (Phi) is 6.60. The van der Waals surface area contributed by atoms with E-state index < -0.39 is 31.0 Å². The smallest absolute Gasteiger partial charge is 0.117 e. The van der Waals surface area contributed by atoms with Gasteiger partial charge in [0.2, 0.25) is 0 Å². The van der Waals surface area contributed by atoms with Gasteiger partial charge in [0.1, 0.15) is 24.4 Å². The highest BCUT2D eigenvalue weighted by Gasteiger charge is 2.30. The van der Waals surface area contributed by atoms with Crippen molar-refractivity contribution >= 4 is 6.21 Å². The lowest BCUT2D eigenvalue weighted by molar-refractivity contribution is -0.114. The molecule has 0 unspecified atom stereocenters. The van der Waals surface area contributed by atoms with Gasteiger partial charge in [-0.3, -0.25) is 4.99 Å². The Labute approximate surface area is 82.5 Å². The van der Waals surface area contributed by atoms with E-state index in [4.69, 9.17) is 14.9 Å². The molecule has 0 aromatic rings. The van der Waals surface area contributed by atoms with Gasteiger partial charge in [0, 0.05) is 20.4 Å². The topological polar surface area (TPSA) is 103 Å². The molecule has 0 saturated heterocycles. The molecule has 4 N–H and O–H groups in total. The van der Waals surface area contributed by atoms with E-state index in [0.29, 0.717) is 0 Å². The van der Waals surface area contributed by atoms with Crippen LogP contribution in [-0.2, 0) is 4.74 Å². The summed E-state index contributed by atoms with van der Waals surface area (Å²) in [5.74, 6) is 0. The van der Waals surface area contributed by atoms with Gasteiger partial charge in [-0.1, -0.05) is 0 Å². The summed E-state index contributed by atoms with van der Waals surface area (Å²) < 4.78 is 4.79. The predicted octanol–water partition coefficient (Wildman–Crippen LogP) is -2.22. The third-order valence-corrected chi connectivity index (χ3v) is 1.83. The first-order valence-electron chi connectivity index (χ1n) is 4.18. The number of hydrogen-bond acceptors (Lipinski definition) is 6. The van der Waals surface area contributed by atoms with E-state index in [-0.39, 0.29) is 0 Å². The lowest BCUT2D eigenvalue weighted by Crippen LogP contribution is -2.47. The highest BCUT2D eigenvalue weighted by molar-refractivity contribution is 5.63. The molecule has 0 heterocycles. The molecule has 0 radical (unpaired) electrons. The Morgan fingerprint density at radius 3 is 2.29 bits per heavy atom. The highest BCUT2D eigenvalue weighted by Crippen LogP contribution is 2.07. The minimum absolute atomic E-state index is 0.600. The second-order valence-corrected chi connectivity index (χ2v) is 2.84. The lowest BCUT2D eigenvalue weighted by atomic mass is 10.0. The number of ether oxygens (including phenoxy) is 1. The number of aliphatic hydroxyl groups excluding tert-OH is 4. The van der Waals surface area contributed by atoms with Gasteiger partial charge in [-0.2, -0.15) is 0 Å². The fraction of sp³-hybridized carbons (Fsp3) is 0.875. The van der Waals surface area contributed by atoms with Crippen LogP contribution in [0.5, 0.6) is 0 Å². The maximum absolute atomic E-state index is 9.42. The summed E-state index contributed by atoms with van der Waals surface area (Å²) in [5.41, 5.74) is 0. The number of nitrogens with zero attached hydrogens (tertiary/aromatic N) is 1. The largest absolute Gasteiger partial charge is 0.394 e. The molecule has 6 heteroatoms. The predicted molar refractivity (Wildman–Crippen MR) is 50.3 cm³/mol. The molecule has 0 aliphatic carbocycles. The molecule has 14 heavy (non-hydrogen) atoms. The number of methoxy groups -OCH3 is 1. The van der Waals surface area contributed by atoms with E-state index in [1.54, 1.807) is 0 Å². The van der Waals surface area contributed by atoms with E-state index in [0.717, 1.165) is 0 Å². The van der Waals surface area contributed by atoms with E-state index >= 15 is 0 Å². The average molecular weight is 207 g/mol. The molecular formula is C8H17NO5. The molecule has 6 nitrogen and oxygen atoms in total. The Hall–Kier alpha value is -0.530. The third-order valence-electron chi connectivity index (χ3n) is 1.83. The minimum Gasteiger partial charge on any atom is -0.394 e. The maximum atomic E-state index is 9.42.